The predicted octanol–water partition coefficient (Wildman–Crippen LogP) is 3.11. The highest BCUT2D eigenvalue weighted by Crippen LogP contribution is 2.17. The van der Waals surface area contributed by atoms with Crippen molar-refractivity contribution >= 4 is 17.4 Å². The van der Waals surface area contributed by atoms with Crippen LogP contribution in [0.4, 0.5) is 11.5 Å². The number of amides is 1. The van der Waals surface area contributed by atoms with Crippen LogP contribution in [0.5, 0.6) is 5.75 Å². The summed E-state index contributed by atoms with van der Waals surface area (Å²) in [5.74, 6) is 1.09. The maximum Gasteiger partial charge on any atom is 0.275 e. The summed E-state index contributed by atoms with van der Waals surface area (Å²) in [6, 6.07) is 7.22. The van der Waals surface area contributed by atoms with Crippen LogP contribution in [-0.4, -0.2) is 41.2 Å². The number of anilines is 2. The molecule has 1 amide bonds. The fraction of sp³-hybridized carbons (Fsp3) is 0.421. The summed E-state index contributed by atoms with van der Waals surface area (Å²) in [6.45, 7) is 5.45. The second-order valence-electron chi connectivity index (χ2n) is 6.45. The lowest BCUT2D eigenvalue weighted by Gasteiger charge is -2.11. The fourth-order valence-electron chi connectivity index (χ4n) is 2.64. The number of hydrogen-bond acceptors (Lipinski definition) is 6. The monoisotopic (exact) mass is 356 g/mol. The highest BCUT2D eigenvalue weighted by atomic mass is 16.5. The van der Waals surface area contributed by atoms with Crippen LogP contribution in [-0.2, 0) is 4.74 Å². The van der Waals surface area contributed by atoms with E-state index in [0.29, 0.717) is 18.1 Å². The highest BCUT2D eigenvalue weighted by Gasteiger charge is 2.15. The molecule has 0 aliphatic carbocycles. The summed E-state index contributed by atoms with van der Waals surface area (Å²) in [4.78, 5) is 20.7. The lowest BCUT2D eigenvalue weighted by molar-refractivity contribution is 0.102. The molecule has 7 nitrogen and oxygen atoms in total. The number of nitrogens with one attached hydrogen (secondary N) is 2. The van der Waals surface area contributed by atoms with Crippen LogP contribution >= 0.6 is 0 Å². The molecule has 1 fully saturated rings. The van der Waals surface area contributed by atoms with Crippen molar-refractivity contribution in [3.63, 3.8) is 0 Å². The Morgan fingerprint density at radius 1 is 1.27 bits per heavy atom. The Bertz CT molecular complexity index is 711. The second kappa shape index (κ2) is 8.62. The van der Waals surface area contributed by atoms with E-state index in [4.69, 9.17) is 9.47 Å². The number of aromatic nitrogens is 2. The average Bonchev–Trinajstić information content (AvgIpc) is 3.15. The molecule has 0 bridgehead atoms. The zero-order valence-electron chi connectivity index (χ0n) is 15.1. The Balaban J connectivity index is 1.52. The predicted molar refractivity (Wildman–Crippen MR) is 99.7 cm³/mol. The number of nitrogens with zero attached hydrogens (tertiary/aromatic N) is 2. The van der Waals surface area contributed by atoms with Crippen molar-refractivity contribution in [1.29, 1.82) is 0 Å². The van der Waals surface area contributed by atoms with Gasteiger partial charge in [0.1, 0.15) is 17.3 Å². The summed E-state index contributed by atoms with van der Waals surface area (Å²) in [5, 5.41) is 5.98. The third-order valence-corrected chi connectivity index (χ3v) is 3.90. The molecule has 26 heavy (non-hydrogen) atoms. The summed E-state index contributed by atoms with van der Waals surface area (Å²) < 4.78 is 11.1. The van der Waals surface area contributed by atoms with Gasteiger partial charge >= 0.3 is 0 Å². The number of carbonyl (C=O) groups excluding carboxylic acids is 1. The molecule has 138 valence electrons. The Labute approximate surface area is 153 Å². The Kier molecular flexibility index (Phi) is 6.01. The molecule has 1 aromatic carbocycles. The van der Waals surface area contributed by atoms with Gasteiger partial charge in [-0.25, -0.2) is 9.97 Å². The molecule has 2 heterocycles. The summed E-state index contributed by atoms with van der Waals surface area (Å²) >= 11 is 0. The van der Waals surface area contributed by atoms with Gasteiger partial charge in [0.15, 0.2) is 0 Å². The molecular weight excluding hydrogens is 332 g/mol. The third-order valence-electron chi connectivity index (χ3n) is 3.90. The minimum atomic E-state index is -0.305. The van der Waals surface area contributed by atoms with E-state index < -0.39 is 0 Å². The van der Waals surface area contributed by atoms with Crippen molar-refractivity contribution < 1.29 is 14.3 Å². The van der Waals surface area contributed by atoms with Crippen molar-refractivity contribution in [2.45, 2.75) is 38.9 Å². The second-order valence-corrected chi connectivity index (χ2v) is 6.45. The molecule has 2 aromatic rings. The molecule has 1 aliphatic heterocycles. The van der Waals surface area contributed by atoms with Crippen LogP contribution in [0, 0.1) is 0 Å². The van der Waals surface area contributed by atoms with Gasteiger partial charge in [0.2, 0.25) is 0 Å². The first-order valence-corrected chi connectivity index (χ1v) is 8.86. The van der Waals surface area contributed by atoms with E-state index >= 15 is 0 Å². The molecule has 1 unspecified atom stereocenters. The number of rotatable bonds is 7. The molecule has 0 spiro atoms. The number of carbonyl (C=O) groups is 1. The first kappa shape index (κ1) is 18.1. The Morgan fingerprint density at radius 3 is 2.69 bits per heavy atom. The third kappa shape index (κ3) is 5.16. The molecule has 2 N–H and O–H groups in total. The van der Waals surface area contributed by atoms with Crippen LogP contribution in [0.25, 0.3) is 0 Å². The van der Waals surface area contributed by atoms with E-state index in [2.05, 4.69) is 20.6 Å². The van der Waals surface area contributed by atoms with E-state index in [9.17, 15) is 4.79 Å². The normalized spacial score (nSPS) is 16.5. The van der Waals surface area contributed by atoms with Crippen molar-refractivity contribution in [3.05, 3.63) is 42.4 Å². The number of hydrogen-bond donors (Lipinski definition) is 2. The van der Waals surface area contributed by atoms with Crippen molar-refractivity contribution in [3.8, 4) is 5.75 Å². The first-order valence-electron chi connectivity index (χ1n) is 8.86. The van der Waals surface area contributed by atoms with Gasteiger partial charge in [-0.1, -0.05) is 0 Å². The zero-order chi connectivity index (χ0) is 18.4. The SMILES string of the molecule is CC(C)Oc1ccc(NC(=O)c2cnc(NCC3CCCO3)cn2)cc1. The van der Waals surface area contributed by atoms with E-state index in [1.165, 1.54) is 6.20 Å². The number of benzene rings is 1. The number of ether oxygens (including phenoxy) is 2. The maximum absolute atomic E-state index is 12.3. The standard InChI is InChI=1S/C19H24N4O3/c1-13(2)26-15-7-5-14(6-8-15)23-19(24)17-11-22-18(12-20-17)21-10-16-4-3-9-25-16/h5-8,11-13,16H,3-4,9-10H2,1-2H3,(H,21,22)(H,23,24). The van der Waals surface area contributed by atoms with Gasteiger partial charge in [-0.3, -0.25) is 4.79 Å². The van der Waals surface area contributed by atoms with Gasteiger partial charge in [0.05, 0.1) is 24.6 Å². The van der Waals surface area contributed by atoms with Gasteiger partial charge in [-0.15, -0.1) is 0 Å². The zero-order valence-corrected chi connectivity index (χ0v) is 15.1. The van der Waals surface area contributed by atoms with Crippen molar-refractivity contribution in [2.24, 2.45) is 0 Å². The summed E-state index contributed by atoms with van der Waals surface area (Å²) in [5.41, 5.74) is 0.934. The van der Waals surface area contributed by atoms with Gasteiger partial charge in [0, 0.05) is 18.8 Å². The van der Waals surface area contributed by atoms with Gasteiger partial charge < -0.3 is 20.1 Å². The van der Waals surface area contributed by atoms with Crippen LogP contribution in [0.3, 0.4) is 0 Å². The summed E-state index contributed by atoms with van der Waals surface area (Å²) in [6.07, 6.45) is 5.51. The van der Waals surface area contributed by atoms with Crippen LogP contribution in [0.15, 0.2) is 36.7 Å². The largest absolute Gasteiger partial charge is 0.491 e. The van der Waals surface area contributed by atoms with E-state index in [-0.39, 0.29) is 23.8 Å². The van der Waals surface area contributed by atoms with E-state index in [1.54, 1.807) is 18.3 Å². The maximum atomic E-state index is 12.3. The van der Waals surface area contributed by atoms with Crippen molar-refractivity contribution in [2.75, 3.05) is 23.8 Å². The molecule has 0 saturated carbocycles. The molecule has 1 atom stereocenters. The van der Waals surface area contributed by atoms with Gasteiger partial charge in [-0.2, -0.15) is 0 Å². The molecular formula is C19H24N4O3. The average molecular weight is 356 g/mol. The minimum absolute atomic E-state index is 0.109. The Morgan fingerprint density at radius 2 is 2.08 bits per heavy atom. The van der Waals surface area contributed by atoms with Crippen molar-refractivity contribution in [1.82, 2.24) is 9.97 Å². The molecule has 1 aliphatic rings. The summed E-state index contributed by atoms with van der Waals surface area (Å²) in [7, 11) is 0. The quantitative estimate of drug-likeness (QED) is 0.793. The molecule has 1 aromatic heterocycles. The smallest absolute Gasteiger partial charge is 0.275 e. The van der Waals surface area contributed by atoms with Crippen LogP contribution < -0.4 is 15.4 Å². The highest BCUT2D eigenvalue weighted by molar-refractivity contribution is 6.02. The van der Waals surface area contributed by atoms with Crippen LogP contribution in [0.1, 0.15) is 37.2 Å². The first-order chi connectivity index (χ1) is 12.6. The Hall–Kier alpha value is -2.67. The van der Waals surface area contributed by atoms with Gasteiger partial charge in [0.25, 0.3) is 5.91 Å². The van der Waals surface area contributed by atoms with Crippen LogP contribution in [0.2, 0.25) is 0 Å². The molecule has 0 radical (unpaired) electrons. The topological polar surface area (TPSA) is 85.4 Å². The van der Waals surface area contributed by atoms with Gasteiger partial charge in [-0.05, 0) is 51.0 Å². The lowest BCUT2D eigenvalue weighted by Crippen LogP contribution is -2.19. The van der Waals surface area contributed by atoms with E-state index in [1.807, 2.05) is 26.0 Å². The fourth-order valence-corrected chi connectivity index (χ4v) is 2.64. The van der Waals surface area contributed by atoms with E-state index in [0.717, 1.165) is 25.2 Å². The molecule has 3 rings (SSSR count). The molecule has 1 saturated heterocycles. The lowest BCUT2D eigenvalue weighted by atomic mass is 10.2. The minimum Gasteiger partial charge on any atom is -0.491 e. The molecule has 7 heteroatoms.